The Kier molecular flexibility index (Phi) is 1.76. The number of amides is 1. The summed E-state index contributed by atoms with van der Waals surface area (Å²) in [4.78, 5) is 11.1. The summed E-state index contributed by atoms with van der Waals surface area (Å²) >= 11 is 0. The van der Waals surface area contributed by atoms with Gasteiger partial charge in [-0.1, -0.05) is 0 Å². The maximum Gasteiger partial charge on any atom is 0.435 e. The summed E-state index contributed by atoms with van der Waals surface area (Å²) in [6.45, 7) is 0.217. The van der Waals surface area contributed by atoms with Gasteiger partial charge in [-0.25, -0.2) is 0 Å². The molecule has 0 bridgehead atoms. The summed E-state index contributed by atoms with van der Waals surface area (Å²) < 4.78 is 37.0. The lowest BCUT2D eigenvalue weighted by Gasteiger charge is -2.13. The Morgan fingerprint density at radius 2 is 2.07 bits per heavy atom. The van der Waals surface area contributed by atoms with Crippen molar-refractivity contribution in [3.63, 3.8) is 0 Å². The van der Waals surface area contributed by atoms with Gasteiger partial charge < -0.3 is 5.32 Å². The third kappa shape index (κ3) is 1.24. The van der Waals surface area contributed by atoms with Crippen molar-refractivity contribution >= 4 is 5.91 Å². The average Bonchev–Trinajstić information content (AvgIpc) is 2.47. The highest BCUT2D eigenvalue weighted by molar-refractivity contribution is 5.95. The molecule has 0 unspecified atom stereocenters. The van der Waals surface area contributed by atoms with Crippen molar-refractivity contribution in [3.05, 3.63) is 17.0 Å². The first-order valence-electron chi connectivity index (χ1n) is 3.93. The number of fused-ring (bicyclic) bond motifs is 1. The van der Waals surface area contributed by atoms with Crippen molar-refractivity contribution in [2.75, 3.05) is 6.54 Å². The van der Waals surface area contributed by atoms with E-state index in [-0.39, 0.29) is 24.2 Å². The predicted octanol–water partition coefficient (Wildman–Crippen LogP) is 0.714. The normalized spacial score (nSPS) is 16.4. The number of alkyl halides is 3. The third-order valence-electron chi connectivity index (χ3n) is 2.02. The molecule has 2 N–H and O–H groups in total. The number of hydrogen-bond acceptors (Lipinski definition) is 2. The van der Waals surface area contributed by atoms with Crippen molar-refractivity contribution in [1.82, 2.24) is 15.5 Å². The Bertz CT molecular complexity index is 382. The first kappa shape index (κ1) is 9.04. The summed E-state index contributed by atoms with van der Waals surface area (Å²) in [7, 11) is 0. The Morgan fingerprint density at radius 3 is 2.71 bits per heavy atom. The van der Waals surface area contributed by atoms with Gasteiger partial charge in [0, 0.05) is 12.1 Å². The van der Waals surface area contributed by atoms with Crippen LogP contribution in [0.1, 0.15) is 21.7 Å². The molecular weight excluding hydrogens is 199 g/mol. The Hall–Kier alpha value is -1.53. The minimum absolute atomic E-state index is 0.0405. The minimum atomic E-state index is -4.50. The molecule has 0 radical (unpaired) electrons. The van der Waals surface area contributed by atoms with E-state index in [9.17, 15) is 18.0 Å². The molecule has 1 aliphatic rings. The maximum atomic E-state index is 12.3. The number of nitrogens with one attached hydrogen (secondary N) is 2. The lowest BCUT2D eigenvalue weighted by Crippen LogP contribution is -2.32. The standard InChI is InChI=1S/C7H6F3N3O/c8-7(9,10)5-3-1-2-11-6(14)4(3)12-13-5/h1-2H2,(H,11,14)(H,12,13). The van der Waals surface area contributed by atoms with E-state index in [0.29, 0.717) is 0 Å². The third-order valence-corrected chi connectivity index (χ3v) is 2.02. The number of carbonyl (C=O) groups excluding carboxylic acids is 1. The van der Waals surface area contributed by atoms with Gasteiger partial charge in [0.1, 0.15) is 5.69 Å². The van der Waals surface area contributed by atoms with Crippen LogP contribution in [0.2, 0.25) is 0 Å². The van der Waals surface area contributed by atoms with E-state index in [2.05, 4.69) is 15.5 Å². The second-order valence-corrected chi connectivity index (χ2v) is 2.93. The van der Waals surface area contributed by atoms with Crippen LogP contribution in [0.3, 0.4) is 0 Å². The van der Waals surface area contributed by atoms with Crippen molar-refractivity contribution in [2.24, 2.45) is 0 Å². The molecule has 1 aromatic rings. The number of hydrogen-bond donors (Lipinski definition) is 2. The van der Waals surface area contributed by atoms with Crippen LogP contribution in [0.15, 0.2) is 0 Å². The number of aromatic nitrogens is 2. The van der Waals surface area contributed by atoms with Crippen LogP contribution >= 0.6 is 0 Å². The first-order chi connectivity index (χ1) is 6.50. The molecule has 0 saturated carbocycles. The minimum Gasteiger partial charge on any atom is -0.350 e. The fourth-order valence-electron chi connectivity index (χ4n) is 1.42. The van der Waals surface area contributed by atoms with Gasteiger partial charge in [0.15, 0.2) is 5.69 Å². The van der Waals surface area contributed by atoms with Gasteiger partial charge in [-0.2, -0.15) is 18.3 Å². The van der Waals surface area contributed by atoms with Gasteiger partial charge in [-0.15, -0.1) is 0 Å². The number of carbonyl (C=O) groups is 1. The molecule has 1 aliphatic heterocycles. The Labute approximate surface area is 76.5 Å². The number of H-pyrrole nitrogens is 1. The zero-order chi connectivity index (χ0) is 10.3. The highest BCUT2D eigenvalue weighted by Crippen LogP contribution is 2.32. The summed E-state index contributed by atoms with van der Waals surface area (Å²) in [5, 5.41) is 7.63. The number of nitrogens with zero attached hydrogens (tertiary/aromatic N) is 1. The second-order valence-electron chi connectivity index (χ2n) is 2.93. The number of halogens is 3. The van der Waals surface area contributed by atoms with E-state index in [0.717, 1.165) is 0 Å². The van der Waals surface area contributed by atoms with Gasteiger partial charge in [-0.05, 0) is 6.42 Å². The molecule has 2 heterocycles. The zero-order valence-corrected chi connectivity index (χ0v) is 6.90. The van der Waals surface area contributed by atoms with Crippen LogP contribution < -0.4 is 5.32 Å². The molecule has 0 fully saturated rings. The SMILES string of the molecule is O=C1NCCc2c(C(F)(F)F)n[nH]c21. The quantitative estimate of drug-likeness (QED) is 0.655. The molecule has 4 nitrogen and oxygen atoms in total. The maximum absolute atomic E-state index is 12.3. The fraction of sp³-hybridized carbons (Fsp3) is 0.429. The molecule has 0 spiro atoms. The highest BCUT2D eigenvalue weighted by Gasteiger charge is 2.39. The van der Waals surface area contributed by atoms with Crippen LogP contribution in [0.25, 0.3) is 0 Å². The molecule has 0 saturated heterocycles. The summed E-state index contributed by atoms with van der Waals surface area (Å²) in [6, 6.07) is 0. The highest BCUT2D eigenvalue weighted by atomic mass is 19.4. The van der Waals surface area contributed by atoms with Crippen LogP contribution in [-0.2, 0) is 12.6 Å². The number of aromatic amines is 1. The van der Waals surface area contributed by atoms with Gasteiger partial charge in [0.25, 0.3) is 5.91 Å². The van der Waals surface area contributed by atoms with Crippen LogP contribution in [0.4, 0.5) is 13.2 Å². The van der Waals surface area contributed by atoms with Crippen molar-refractivity contribution < 1.29 is 18.0 Å². The van der Waals surface area contributed by atoms with E-state index < -0.39 is 17.8 Å². The number of rotatable bonds is 0. The van der Waals surface area contributed by atoms with Crippen molar-refractivity contribution in [2.45, 2.75) is 12.6 Å². The van der Waals surface area contributed by atoms with E-state index in [1.165, 1.54) is 0 Å². The smallest absolute Gasteiger partial charge is 0.350 e. The van der Waals surface area contributed by atoms with Gasteiger partial charge in [-0.3, -0.25) is 9.89 Å². The lowest BCUT2D eigenvalue weighted by atomic mass is 10.1. The predicted molar refractivity (Wildman–Crippen MR) is 39.6 cm³/mol. The monoisotopic (exact) mass is 205 g/mol. The van der Waals surface area contributed by atoms with E-state index in [1.54, 1.807) is 0 Å². The second kappa shape index (κ2) is 2.73. The summed E-state index contributed by atoms with van der Waals surface area (Å²) in [6.07, 6.45) is -4.34. The molecule has 2 rings (SSSR count). The van der Waals surface area contributed by atoms with E-state index in [1.807, 2.05) is 0 Å². The Balaban J connectivity index is 2.51. The largest absolute Gasteiger partial charge is 0.435 e. The molecule has 1 aromatic heterocycles. The van der Waals surface area contributed by atoms with Crippen LogP contribution in [-0.4, -0.2) is 22.6 Å². The summed E-state index contributed by atoms with van der Waals surface area (Å²) in [5.41, 5.74) is -1.10. The van der Waals surface area contributed by atoms with Gasteiger partial charge >= 0.3 is 6.18 Å². The van der Waals surface area contributed by atoms with Crippen LogP contribution in [0, 0.1) is 0 Å². The lowest BCUT2D eigenvalue weighted by molar-refractivity contribution is -0.141. The molecule has 76 valence electrons. The van der Waals surface area contributed by atoms with Crippen LogP contribution in [0.5, 0.6) is 0 Å². The molecule has 7 heteroatoms. The van der Waals surface area contributed by atoms with E-state index in [4.69, 9.17) is 0 Å². The van der Waals surface area contributed by atoms with Crippen molar-refractivity contribution in [3.8, 4) is 0 Å². The molecular formula is C7H6F3N3O. The Morgan fingerprint density at radius 1 is 1.36 bits per heavy atom. The first-order valence-corrected chi connectivity index (χ1v) is 3.93. The molecule has 1 amide bonds. The topological polar surface area (TPSA) is 57.8 Å². The molecule has 14 heavy (non-hydrogen) atoms. The average molecular weight is 205 g/mol. The molecule has 0 aliphatic carbocycles. The van der Waals surface area contributed by atoms with Gasteiger partial charge in [0.2, 0.25) is 0 Å². The molecule has 0 atom stereocenters. The summed E-state index contributed by atoms with van der Waals surface area (Å²) in [5.74, 6) is -0.533. The zero-order valence-electron chi connectivity index (χ0n) is 6.90. The fourth-order valence-corrected chi connectivity index (χ4v) is 1.42. The van der Waals surface area contributed by atoms with E-state index >= 15 is 0 Å². The van der Waals surface area contributed by atoms with Gasteiger partial charge in [0.05, 0.1) is 0 Å². The molecule has 0 aromatic carbocycles. The van der Waals surface area contributed by atoms with Crippen molar-refractivity contribution in [1.29, 1.82) is 0 Å².